The van der Waals surface area contributed by atoms with Gasteiger partial charge in [0.2, 0.25) is 0 Å². The van der Waals surface area contributed by atoms with E-state index in [2.05, 4.69) is 24.4 Å². The number of nitrogens with one attached hydrogen (secondary N) is 1. The highest BCUT2D eigenvalue weighted by atomic mass is 14.9. The smallest absolute Gasteiger partial charge is 0.0314 e. The summed E-state index contributed by atoms with van der Waals surface area (Å²) in [4.78, 5) is 0. The molecule has 0 amide bonds. The van der Waals surface area contributed by atoms with Crippen LogP contribution in [0.1, 0.15) is 18.9 Å². The minimum atomic E-state index is 0.838. The van der Waals surface area contributed by atoms with Crippen LogP contribution < -0.4 is 11.1 Å². The minimum Gasteiger partial charge on any atom is -0.399 e. The second-order valence-electron chi connectivity index (χ2n) is 4.35. The van der Waals surface area contributed by atoms with Crippen LogP contribution in [-0.4, -0.2) is 6.54 Å². The van der Waals surface area contributed by atoms with Crippen LogP contribution in [-0.2, 0) is 6.54 Å². The zero-order valence-electron chi connectivity index (χ0n) is 8.66. The molecule has 76 valence electrons. The van der Waals surface area contributed by atoms with E-state index in [1.807, 2.05) is 12.1 Å². The van der Waals surface area contributed by atoms with Gasteiger partial charge in [0.1, 0.15) is 0 Å². The fraction of sp³-hybridized carbons (Fsp3) is 0.500. The summed E-state index contributed by atoms with van der Waals surface area (Å²) < 4.78 is 0. The molecule has 0 aliphatic heterocycles. The summed E-state index contributed by atoms with van der Waals surface area (Å²) in [7, 11) is 0. The Morgan fingerprint density at radius 3 is 2.57 bits per heavy atom. The predicted molar refractivity (Wildman–Crippen MR) is 59.8 cm³/mol. The van der Waals surface area contributed by atoms with E-state index in [1.54, 1.807) is 0 Å². The Labute approximate surface area is 85.5 Å². The standard InChI is InChI=1S/C12H18N2/c1-9-6-11(9)8-14-7-10-2-4-12(13)5-3-10/h2-5,9,11,14H,6-8,13H2,1H3. The molecule has 0 radical (unpaired) electrons. The lowest BCUT2D eigenvalue weighted by molar-refractivity contribution is 0.612. The van der Waals surface area contributed by atoms with E-state index >= 15 is 0 Å². The highest BCUT2D eigenvalue weighted by Gasteiger charge is 2.31. The van der Waals surface area contributed by atoms with Gasteiger partial charge in [0.15, 0.2) is 0 Å². The molecule has 2 heteroatoms. The number of nitrogens with two attached hydrogens (primary N) is 1. The Bertz CT molecular complexity index is 292. The first-order chi connectivity index (χ1) is 6.75. The molecule has 0 aromatic heterocycles. The normalized spacial score (nSPS) is 24.9. The van der Waals surface area contributed by atoms with Crippen molar-refractivity contribution in [3.05, 3.63) is 29.8 Å². The first-order valence-electron chi connectivity index (χ1n) is 5.31. The number of nitrogen functional groups attached to an aromatic ring is 1. The van der Waals surface area contributed by atoms with Gasteiger partial charge in [-0.3, -0.25) is 0 Å². The molecule has 14 heavy (non-hydrogen) atoms. The van der Waals surface area contributed by atoms with Gasteiger partial charge in [0, 0.05) is 12.2 Å². The molecule has 0 heterocycles. The van der Waals surface area contributed by atoms with Gasteiger partial charge in [-0.15, -0.1) is 0 Å². The molecule has 1 aliphatic rings. The molecule has 2 nitrogen and oxygen atoms in total. The molecule has 2 rings (SSSR count). The Kier molecular flexibility index (Phi) is 2.73. The zero-order chi connectivity index (χ0) is 9.97. The summed E-state index contributed by atoms with van der Waals surface area (Å²) in [6, 6.07) is 8.07. The van der Waals surface area contributed by atoms with Crippen LogP contribution in [0.25, 0.3) is 0 Å². The van der Waals surface area contributed by atoms with Crippen molar-refractivity contribution in [3.63, 3.8) is 0 Å². The summed E-state index contributed by atoms with van der Waals surface area (Å²) in [5.41, 5.74) is 7.76. The maximum absolute atomic E-state index is 5.61. The number of anilines is 1. The molecule has 0 saturated heterocycles. The molecule has 0 bridgehead atoms. The molecule has 2 unspecified atom stereocenters. The third-order valence-electron chi connectivity index (χ3n) is 2.99. The maximum Gasteiger partial charge on any atom is 0.0314 e. The van der Waals surface area contributed by atoms with E-state index < -0.39 is 0 Å². The lowest BCUT2D eigenvalue weighted by atomic mass is 10.2. The first kappa shape index (κ1) is 9.53. The van der Waals surface area contributed by atoms with E-state index in [-0.39, 0.29) is 0 Å². The van der Waals surface area contributed by atoms with Crippen LogP contribution in [0, 0.1) is 11.8 Å². The van der Waals surface area contributed by atoms with Crippen molar-refractivity contribution in [1.82, 2.24) is 5.32 Å². The molecule has 1 aromatic rings. The molecule has 1 saturated carbocycles. The Morgan fingerprint density at radius 2 is 2.00 bits per heavy atom. The summed E-state index contributed by atoms with van der Waals surface area (Å²) >= 11 is 0. The lowest BCUT2D eigenvalue weighted by Crippen LogP contribution is -2.16. The van der Waals surface area contributed by atoms with Gasteiger partial charge < -0.3 is 11.1 Å². The van der Waals surface area contributed by atoms with Gasteiger partial charge >= 0.3 is 0 Å². The molecule has 3 N–H and O–H groups in total. The van der Waals surface area contributed by atoms with Gasteiger partial charge in [0.25, 0.3) is 0 Å². The summed E-state index contributed by atoms with van der Waals surface area (Å²) in [5.74, 6) is 1.86. The van der Waals surface area contributed by atoms with Gasteiger partial charge in [-0.25, -0.2) is 0 Å². The number of benzene rings is 1. The van der Waals surface area contributed by atoms with Crippen molar-refractivity contribution in [2.24, 2.45) is 11.8 Å². The van der Waals surface area contributed by atoms with E-state index in [0.29, 0.717) is 0 Å². The monoisotopic (exact) mass is 190 g/mol. The van der Waals surface area contributed by atoms with Crippen LogP contribution >= 0.6 is 0 Å². The summed E-state index contributed by atoms with van der Waals surface area (Å²) in [6.07, 6.45) is 1.40. The highest BCUT2D eigenvalue weighted by Crippen LogP contribution is 2.36. The Morgan fingerprint density at radius 1 is 1.36 bits per heavy atom. The van der Waals surface area contributed by atoms with Crippen LogP contribution in [0.2, 0.25) is 0 Å². The molecule has 1 aliphatic carbocycles. The Hall–Kier alpha value is -1.02. The van der Waals surface area contributed by atoms with Crippen molar-refractivity contribution in [2.45, 2.75) is 19.9 Å². The number of hydrogen-bond acceptors (Lipinski definition) is 2. The summed E-state index contributed by atoms with van der Waals surface area (Å²) in [6.45, 7) is 4.44. The van der Waals surface area contributed by atoms with Crippen LogP contribution in [0.15, 0.2) is 24.3 Å². The van der Waals surface area contributed by atoms with Gasteiger partial charge in [-0.2, -0.15) is 0 Å². The van der Waals surface area contributed by atoms with E-state index in [4.69, 9.17) is 5.73 Å². The van der Waals surface area contributed by atoms with E-state index in [9.17, 15) is 0 Å². The summed E-state index contributed by atoms with van der Waals surface area (Å²) in [5, 5.41) is 3.47. The van der Waals surface area contributed by atoms with E-state index in [0.717, 1.165) is 30.6 Å². The van der Waals surface area contributed by atoms with Crippen molar-refractivity contribution in [2.75, 3.05) is 12.3 Å². The topological polar surface area (TPSA) is 38.0 Å². The predicted octanol–water partition coefficient (Wildman–Crippen LogP) is 2.01. The van der Waals surface area contributed by atoms with Crippen LogP contribution in [0.5, 0.6) is 0 Å². The number of hydrogen-bond donors (Lipinski definition) is 2. The van der Waals surface area contributed by atoms with Crippen molar-refractivity contribution >= 4 is 5.69 Å². The average Bonchev–Trinajstić information content (AvgIpc) is 2.86. The van der Waals surface area contributed by atoms with Crippen LogP contribution in [0.3, 0.4) is 0 Å². The third-order valence-corrected chi connectivity index (χ3v) is 2.99. The minimum absolute atomic E-state index is 0.838. The largest absolute Gasteiger partial charge is 0.399 e. The number of rotatable bonds is 4. The molecule has 1 aromatic carbocycles. The quantitative estimate of drug-likeness (QED) is 0.713. The maximum atomic E-state index is 5.61. The van der Waals surface area contributed by atoms with Crippen molar-refractivity contribution in [1.29, 1.82) is 0 Å². The first-order valence-corrected chi connectivity index (χ1v) is 5.31. The fourth-order valence-electron chi connectivity index (χ4n) is 1.72. The second-order valence-corrected chi connectivity index (χ2v) is 4.35. The Balaban J connectivity index is 1.72. The van der Waals surface area contributed by atoms with Gasteiger partial charge in [-0.05, 0) is 42.5 Å². The fourth-order valence-corrected chi connectivity index (χ4v) is 1.72. The molecular formula is C12H18N2. The van der Waals surface area contributed by atoms with Gasteiger partial charge in [-0.1, -0.05) is 19.1 Å². The molecule has 0 spiro atoms. The zero-order valence-corrected chi connectivity index (χ0v) is 8.66. The lowest BCUT2D eigenvalue weighted by Gasteiger charge is -2.04. The van der Waals surface area contributed by atoms with Gasteiger partial charge in [0.05, 0.1) is 0 Å². The third kappa shape index (κ3) is 2.48. The molecular weight excluding hydrogens is 172 g/mol. The van der Waals surface area contributed by atoms with Crippen molar-refractivity contribution < 1.29 is 0 Å². The van der Waals surface area contributed by atoms with E-state index in [1.165, 1.54) is 12.0 Å². The van der Waals surface area contributed by atoms with Crippen molar-refractivity contribution in [3.8, 4) is 0 Å². The average molecular weight is 190 g/mol. The van der Waals surface area contributed by atoms with Crippen LogP contribution in [0.4, 0.5) is 5.69 Å². The highest BCUT2D eigenvalue weighted by molar-refractivity contribution is 5.39. The molecule has 1 fully saturated rings. The SMILES string of the molecule is CC1CC1CNCc1ccc(N)cc1. The molecule has 2 atom stereocenters. The second kappa shape index (κ2) is 4.01.